The minimum absolute atomic E-state index is 0.155. The molecule has 1 atom stereocenters. The maximum atomic E-state index is 14.1. The number of nitrogens with one attached hydrogen (secondary N) is 1. The first-order chi connectivity index (χ1) is 13.5. The largest absolute Gasteiger partial charge is 0.324 e. The van der Waals surface area contributed by atoms with Crippen LogP contribution in [0.2, 0.25) is 5.02 Å². The van der Waals surface area contributed by atoms with Gasteiger partial charge in [-0.1, -0.05) is 41.9 Å². The minimum atomic E-state index is -0.617. The van der Waals surface area contributed by atoms with E-state index in [9.17, 15) is 14.0 Å². The van der Waals surface area contributed by atoms with Gasteiger partial charge < -0.3 is 10.2 Å². The molecule has 0 saturated heterocycles. The summed E-state index contributed by atoms with van der Waals surface area (Å²) in [4.78, 5) is 27.2. The van der Waals surface area contributed by atoms with E-state index >= 15 is 0 Å². The lowest BCUT2D eigenvalue weighted by Crippen LogP contribution is -2.39. The van der Waals surface area contributed by atoms with Gasteiger partial charge in [0.1, 0.15) is 12.4 Å². The molecule has 0 radical (unpaired) electrons. The number of nitrogens with zero attached hydrogens (tertiary/aromatic N) is 1. The van der Waals surface area contributed by atoms with E-state index in [1.165, 1.54) is 23.1 Å². The number of amides is 2. The maximum Gasteiger partial charge on any atom is 0.255 e. The third-order valence-electron chi connectivity index (χ3n) is 4.68. The van der Waals surface area contributed by atoms with Gasteiger partial charge in [0, 0.05) is 21.8 Å². The Labute approximate surface area is 166 Å². The van der Waals surface area contributed by atoms with Gasteiger partial charge in [0.05, 0.1) is 6.04 Å². The number of rotatable bonds is 2. The zero-order chi connectivity index (χ0) is 19.7. The predicted octanol–water partition coefficient (Wildman–Crippen LogP) is 4.66. The second-order valence-electron chi connectivity index (χ2n) is 6.53. The quantitative estimate of drug-likeness (QED) is 0.687. The molecule has 28 heavy (non-hydrogen) atoms. The Bertz CT molecular complexity index is 1040. The van der Waals surface area contributed by atoms with E-state index in [0.29, 0.717) is 21.8 Å². The van der Waals surface area contributed by atoms with E-state index in [0.717, 1.165) is 5.56 Å². The molecule has 4 rings (SSSR count). The Morgan fingerprint density at radius 3 is 2.46 bits per heavy atom. The summed E-state index contributed by atoms with van der Waals surface area (Å²) >= 11 is 5.93. The average molecular weight is 395 g/mol. The maximum absolute atomic E-state index is 14.1. The molecule has 3 aromatic carbocycles. The van der Waals surface area contributed by atoms with Gasteiger partial charge in [0.25, 0.3) is 5.91 Å². The van der Waals surface area contributed by atoms with Gasteiger partial charge >= 0.3 is 0 Å². The average Bonchev–Trinajstić information content (AvgIpc) is 2.84. The van der Waals surface area contributed by atoms with Gasteiger partial charge in [-0.15, -0.1) is 0 Å². The number of benzene rings is 3. The molecule has 6 heteroatoms. The van der Waals surface area contributed by atoms with E-state index in [-0.39, 0.29) is 18.4 Å². The van der Waals surface area contributed by atoms with Crippen LogP contribution in [0.25, 0.3) is 0 Å². The van der Waals surface area contributed by atoms with Crippen molar-refractivity contribution >= 4 is 29.1 Å². The molecule has 2 amide bonds. The summed E-state index contributed by atoms with van der Waals surface area (Å²) < 4.78 is 14.1. The van der Waals surface area contributed by atoms with E-state index in [4.69, 9.17) is 11.6 Å². The Morgan fingerprint density at radius 1 is 1.04 bits per heavy atom. The first-order valence-corrected chi connectivity index (χ1v) is 9.11. The number of fused-ring (bicyclic) bond motifs is 1. The Hall–Kier alpha value is -3.18. The second-order valence-corrected chi connectivity index (χ2v) is 6.97. The number of hydrogen-bond donors (Lipinski definition) is 1. The molecular weight excluding hydrogens is 379 g/mol. The molecular formula is C22H16ClFN2O2. The number of carbonyl (C=O) groups excluding carboxylic acids is 2. The molecule has 1 aliphatic heterocycles. The summed E-state index contributed by atoms with van der Waals surface area (Å²) in [5.41, 5.74) is 2.21. The Balaban J connectivity index is 1.88. The lowest BCUT2D eigenvalue weighted by Gasteiger charge is -2.30. The number of anilines is 1. The first kappa shape index (κ1) is 18.2. The molecule has 1 heterocycles. The van der Waals surface area contributed by atoms with Gasteiger partial charge in [0.2, 0.25) is 5.91 Å². The van der Waals surface area contributed by atoms with Crippen LogP contribution in [0.5, 0.6) is 0 Å². The van der Waals surface area contributed by atoms with Crippen LogP contribution in [0.1, 0.15) is 27.5 Å². The molecule has 1 N–H and O–H groups in total. The molecule has 0 fully saturated rings. The van der Waals surface area contributed by atoms with Gasteiger partial charge in [-0.3, -0.25) is 9.59 Å². The number of hydrogen-bond acceptors (Lipinski definition) is 2. The highest BCUT2D eigenvalue weighted by molar-refractivity contribution is 6.30. The Kier molecular flexibility index (Phi) is 4.84. The number of halogens is 2. The second kappa shape index (κ2) is 7.44. The molecule has 0 bridgehead atoms. The van der Waals surface area contributed by atoms with E-state index in [1.54, 1.807) is 24.3 Å². The summed E-state index contributed by atoms with van der Waals surface area (Å²) in [6.45, 7) is -0.155. The predicted molar refractivity (Wildman–Crippen MR) is 106 cm³/mol. The van der Waals surface area contributed by atoms with E-state index in [2.05, 4.69) is 5.32 Å². The summed E-state index contributed by atoms with van der Waals surface area (Å²) in [6.07, 6.45) is 0. The van der Waals surface area contributed by atoms with Crippen molar-refractivity contribution in [1.29, 1.82) is 0 Å². The summed E-state index contributed by atoms with van der Waals surface area (Å²) in [6, 6.07) is 19.3. The highest BCUT2D eigenvalue weighted by Gasteiger charge is 2.34. The van der Waals surface area contributed by atoms with Crippen LogP contribution in [0, 0.1) is 5.82 Å². The summed E-state index contributed by atoms with van der Waals surface area (Å²) in [7, 11) is 0. The molecule has 3 aromatic rings. The highest BCUT2D eigenvalue weighted by atomic mass is 35.5. The van der Waals surface area contributed by atoms with Crippen molar-refractivity contribution in [2.24, 2.45) is 0 Å². The highest BCUT2D eigenvalue weighted by Crippen LogP contribution is 2.37. The van der Waals surface area contributed by atoms with Gasteiger partial charge in [0.15, 0.2) is 0 Å². The van der Waals surface area contributed by atoms with E-state index in [1.807, 2.05) is 30.3 Å². The molecule has 0 aromatic heterocycles. The SMILES string of the molecule is O=C1CN(C(=O)c2ccc(Cl)cc2)[C@H](c2ccccc2)c2cc(F)ccc2N1. The van der Waals surface area contributed by atoms with Crippen molar-refractivity contribution in [1.82, 2.24) is 4.90 Å². The smallest absolute Gasteiger partial charge is 0.255 e. The van der Waals surface area contributed by atoms with Crippen LogP contribution in [0.3, 0.4) is 0 Å². The molecule has 0 aliphatic carbocycles. The molecule has 4 nitrogen and oxygen atoms in total. The fraction of sp³-hybridized carbons (Fsp3) is 0.0909. The van der Waals surface area contributed by atoms with Crippen molar-refractivity contribution in [3.8, 4) is 0 Å². The van der Waals surface area contributed by atoms with Crippen LogP contribution >= 0.6 is 11.6 Å². The van der Waals surface area contributed by atoms with Crippen LogP contribution in [0.4, 0.5) is 10.1 Å². The number of carbonyl (C=O) groups is 2. The lowest BCUT2D eigenvalue weighted by atomic mass is 9.95. The molecule has 0 saturated carbocycles. The zero-order valence-corrected chi connectivity index (χ0v) is 15.5. The summed E-state index contributed by atoms with van der Waals surface area (Å²) in [5, 5.41) is 3.29. The van der Waals surface area contributed by atoms with Gasteiger partial charge in [-0.25, -0.2) is 4.39 Å². The first-order valence-electron chi connectivity index (χ1n) is 8.74. The van der Waals surface area contributed by atoms with Crippen molar-refractivity contribution in [2.45, 2.75) is 6.04 Å². The van der Waals surface area contributed by atoms with Gasteiger partial charge in [-0.05, 0) is 48.0 Å². The zero-order valence-electron chi connectivity index (χ0n) is 14.7. The molecule has 0 unspecified atom stereocenters. The van der Waals surface area contributed by atoms with Crippen LogP contribution in [-0.2, 0) is 4.79 Å². The molecule has 140 valence electrons. The monoisotopic (exact) mass is 394 g/mol. The third-order valence-corrected chi connectivity index (χ3v) is 4.93. The molecule has 1 aliphatic rings. The lowest BCUT2D eigenvalue weighted by molar-refractivity contribution is -0.117. The third kappa shape index (κ3) is 3.49. The van der Waals surface area contributed by atoms with Crippen LogP contribution < -0.4 is 5.32 Å². The fourth-order valence-electron chi connectivity index (χ4n) is 3.42. The topological polar surface area (TPSA) is 49.4 Å². The van der Waals surface area contributed by atoms with Crippen molar-refractivity contribution in [3.63, 3.8) is 0 Å². The Morgan fingerprint density at radius 2 is 1.75 bits per heavy atom. The van der Waals surface area contributed by atoms with Crippen molar-refractivity contribution in [3.05, 3.63) is 100 Å². The van der Waals surface area contributed by atoms with Crippen molar-refractivity contribution < 1.29 is 14.0 Å². The fourth-order valence-corrected chi connectivity index (χ4v) is 3.55. The standard InChI is InChI=1S/C22H16ClFN2O2/c23-16-8-6-15(7-9-16)22(28)26-13-20(27)25-19-11-10-17(24)12-18(19)21(26)14-4-2-1-3-5-14/h1-12,21H,13H2,(H,25,27)/t21-/m1/s1. The van der Waals surface area contributed by atoms with Crippen LogP contribution in [-0.4, -0.2) is 23.3 Å². The normalized spacial score (nSPS) is 16.1. The van der Waals surface area contributed by atoms with Gasteiger partial charge in [-0.2, -0.15) is 0 Å². The van der Waals surface area contributed by atoms with Crippen molar-refractivity contribution in [2.75, 3.05) is 11.9 Å². The summed E-state index contributed by atoms with van der Waals surface area (Å²) in [5.74, 6) is -1.11. The molecule has 0 spiro atoms. The van der Waals surface area contributed by atoms with Crippen LogP contribution in [0.15, 0.2) is 72.8 Å². The minimum Gasteiger partial charge on any atom is -0.324 e. The van der Waals surface area contributed by atoms with E-state index < -0.39 is 11.9 Å².